The monoisotopic (exact) mass is 324 g/mol. The van der Waals surface area contributed by atoms with Crippen molar-refractivity contribution >= 4 is 32.2 Å². The third kappa shape index (κ3) is 2.73. The molecule has 6 nitrogen and oxygen atoms in total. The first-order chi connectivity index (χ1) is 10.00. The lowest BCUT2D eigenvalue weighted by Gasteiger charge is -2.15. The summed E-state index contributed by atoms with van der Waals surface area (Å²) in [6.07, 6.45) is 4.85. The SMILES string of the molecule is CC(Nc1snc(N)c1S(=O)(=O)C1CC1)c1cccnc1. The van der Waals surface area contributed by atoms with Gasteiger partial charge in [0, 0.05) is 12.4 Å². The van der Waals surface area contributed by atoms with Crippen molar-refractivity contribution in [2.24, 2.45) is 0 Å². The highest BCUT2D eigenvalue weighted by molar-refractivity contribution is 7.92. The standard InChI is InChI=1S/C13H16N4O2S2/c1-8(9-3-2-6-15-7-9)16-13-11(12(14)17-20-13)21(18,19)10-4-5-10/h2-3,6-8,10,16H,4-5H2,1H3,(H2,14,17). The zero-order valence-electron chi connectivity index (χ0n) is 11.5. The van der Waals surface area contributed by atoms with E-state index in [1.807, 2.05) is 19.1 Å². The van der Waals surface area contributed by atoms with E-state index < -0.39 is 9.84 Å². The largest absolute Gasteiger partial charge is 0.382 e. The van der Waals surface area contributed by atoms with Crippen LogP contribution in [0.1, 0.15) is 31.4 Å². The first-order valence-corrected chi connectivity index (χ1v) is 8.97. The predicted molar refractivity (Wildman–Crippen MR) is 83.0 cm³/mol. The summed E-state index contributed by atoms with van der Waals surface area (Å²) in [5, 5.41) is 3.40. The molecule has 21 heavy (non-hydrogen) atoms. The summed E-state index contributed by atoms with van der Waals surface area (Å²) in [5.74, 6) is 0.0905. The summed E-state index contributed by atoms with van der Waals surface area (Å²) in [5.41, 5.74) is 6.75. The first-order valence-electron chi connectivity index (χ1n) is 6.65. The molecule has 1 atom stereocenters. The maximum absolute atomic E-state index is 12.4. The Morgan fingerprint density at radius 1 is 1.48 bits per heavy atom. The van der Waals surface area contributed by atoms with E-state index in [9.17, 15) is 8.42 Å². The number of anilines is 2. The van der Waals surface area contributed by atoms with Crippen molar-refractivity contribution in [2.75, 3.05) is 11.1 Å². The minimum Gasteiger partial charge on any atom is -0.382 e. The minimum atomic E-state index is -3.37. The Morgan fingerprint density at radius 2 is 2.24 bits per heavy atom. The number of hydrogen-bond acceptors (Lipinski definition) is 7. The number of nitrogens with zero attached hydrogens (tertiary/aromatic N) is 2. The fourth-order valence-electron chi connectivity index (χ4n) is 2.12. The summed E-state index contributed by atoms with van der Waals surface area (Å²) in [6, 6.07) is 3.70. The summed E-state index contributed by atoms with van der Waals surface area (Å²) in [4.78, 5) is 4.22. The van der Waals surface area contributed by atoms with Gasteiger partial charge in [0.1, 0.15) is 9.90 Å². The number of sulfone groups is 1. The van der Waals surface area contributed by atoms with Crippen molar-refractivity contribution in [2.45, 2.75) is 36.0 Å². The van der Waals surface area contributed by atoms with E-state index in [1.165, 1.54) is 0 Å². The molecule has 1 unspecified atom stereocenters. The zero-order valence-corrected chi connectivity index (χ0v) is 13.1. The second-order valence-electron chi connectivity index (χ2n) is 5.12. The second kappa shape index (κ2) is 5.27. The van der Waals surface area contributed by atoms with Crippen LogP contribution in [0.4, 0.5) is 10.8 Å². The molecule has 2 aromatic heterocycles. The summed E-state index contributed by atoms with van der Waals surface area (Å²) >= 11 is 1.09. The Kier molecular flexibility index (Phi) is 3.58. The average molecular weight is 324 g/mol. The smallest absolute Gasteiger partial charge is 0.187 e. The lowest BCUT2D eigenvalue weighted by atomic mass is 10.1. The van der Waals surface area contributed by atoms with Gasteiger partial charge in [0.25, 0.3) is 0 Å². The molecule has 1 fully saturated rings. The number of hydrogen-bond donors (Lipinski definition) is 2. The van der Waals surface area contributed by atoms with Crippen LogP contribution >= 0.6 is 11.5 Å². The Bertz CT molecular complexity index is 739. The lowest BCUT2D eigenvalue weighted by molar-refractivity contribution is 0.595. The fraction of sp³-hybridized carbons (Fsp3) is 0.385. The van der Waals surface area contributed by atoms with Gasteiger partial charge in [0.15, 0.2) is 15.7 Å². The van der Waals surface area contributed by atoms with Crippen LogP contribution < -0.4 is 11.1 Å². The highest BCUT2D eigenvalue weighted by atomic mass is 32.2. The molecule has 112 valence electrons. The molecular weight excluding hydrogens is 308 g/mol. The van der Waals surface area contributed by atoms with Crippen LogP contribution in [-0.2, 0) is 9.84 Å². The van der Waals surface area contributed by atoms with Gasteiger partial charge in [-0.2, -0.15) is 4.37 Å². The van der Waals surface area contributed by atoms with Crippen LogP contribution in [0.3, 0.4) is 0 Å². The van der Waals surface area contributed by atoms with E-state index in [0.717, 1.165) is 17.1 Å². The van der Waals surface area contributed by atoms with Crippen molar-refractivity contribution in [1.82, 2.24) is 9.36 Å². The zero-order chi connectivity index (χ0) is 15.0. The molecule has 2 heterocycles. The summed E-state index contributed by atoms with van der Waals surface area (Å²) < 4.78 is 28.9. The van der Waals surface area contributed by atoms with Gasteiger partial charge in [-0.25, -0.2) is 8.42 Å². The molecule has 3 N–H and O–H groups in total. The number of nitrogens with two attached hydrogens (primary N) is 1. The molecule has 0 saturated heterocycles. The van der Waals surface area contributed by atoms with E-state index in [0.29, 0.717) is 17.8 Å². The van der Waals surface area contributed by atoms with Gasteiger partial charge in [-0.15, -0.1) is 0 Å². The highest BCUT2D eigenvalue weighted by Gasteiger charge is 2.40. The number of nitrogen functional groups attached to an aromatic ring is 1. The van der Waals surface area contributed by atoms with Crippen LogP contribution in [-0.4, -0.2) is 23.0 Å². The summed E-state index contributed by atoms with van der Waals surface area (Å²) in [6.45, 7) is 1.94. The predicted octanol–water partition coefficient (Wildman–Crippen LogP) is 2.23. The Hall–Kier alpha value is -1.67. The van der Waals surface area contributed by atoms with Crippen LogP contribution in [0.25, 0.3) is 0 Å². The minimum absolute atomic E-state index is 0.0771. The molecule has 0 aliphatic heterocycles. The molecular formula is C13H16N4O2S2. The maximum atomic E-state index is 12.4. The van der Waals surface area contributed by atoms with Gasteiger partial charge in [0.2, 0.25) is 0 Å². The van der Waals surface area contributed by atoms with Gasteiger partial charge in [-0.3, -0.25) is 4.98 Å². The van der Waals surface area contributed by atoms with Crippen LogP contribution in [0.15, 0.2) is 29.4 Å². The van der Waals surface area contributed by atoms with Gasteiger partial charge >= 0.3 is 0 Å². The molecule has 3 rings (SSSR count). The van der Waals surface area contributed by atoms with E-state index in [1.54, 1.807) is 12.4 Å². The van der Waals surface area contributed by atoms with Crippen LogP contribution in [0.5, 0.6) is 0 Å². The molecule has 0 aromatic carbocycles. The molecule has 0 spiro atoms. The third-order valence-corrected chi connectivity index (χ3v) is 6.71. The van der Waals surface area contributed by atoms with Crippen LogP contribution in [0.2, 0.25) is 0 Å². The van der Waals surface area contributed by atoms with Crippen molar-refractivity contribution in [1.29, 1.82) is 0 Å². The average Bonchev–Trinajstić information content (AvgIpc) is 3.25. The normalized spacial score (nSPS) is 16.6. The second-order valence-corrected chi connectivity index (χ2v) is 8.06. The van der Waals surface area contributed by atoms with E-state index in [-0.39, 0.29) is 22.0 Å². The van der Waals surface area contributed by atoms with Gasteiger partial charge < -0.3 is 11.1 Å². The molecule has 0 radical (unpaired) electrons. The Labute approximate surface area is 127 Å². The Balaban J connectivity index is 1.90. The van der Waals surface area contributed by atoms with Crippen molar-refractivity contribution in [3.05, 3.63) is 30.1 Å². The number of nitrogens with one attached hydrogen (secondary N) is 1. The maximum Gasteiger partial charge on any atom is 0.187 e. The lowest BCUT2D eigenvalue weighted by Crippen LogP contribution is -2.13. The summed E-state index contributed by atoms with van der Waals surface area (Å²) in [7, 11) is -3.37. The highest BCUT2D eigenvalue weighted by Crippen LogP contribution is 2.41. The van der Waals surface area contributed by atoms with Gasteiger partial charge in [-0.05, 0) is 42.9 Å². The van der Waals surface area contributed by atoms with Crippen molar-refractivity contribution in [3.8, 4) is 0 Å². The molecule has 1 saturated carbocycles. The number of rotatable bonds is 5. The molecule has 1 aliphatic carbocycles. The molecule has 0 amide bonds. The third-order valence-electron chi connectivity index (χ3n) is 3.45. The molecule has 2 aromatic rings. The molecule has 1 aliphatic rings. The van der Waals surface area contributed by atoms with Crippen molar-refractivity contribution in [3.63, 3.8) is 0 Å². The van der Waals surface area contributed by atoms with Gasteiger partial charge in [0.05, 0.1) is 11.3 Å². The van der Waals surface area contributed by atoms with E-state index in [4.69, 9.17) is 5.73 Å². The number of aromatic nitrogens is 2. The van der Waals surface area contributed by atoms with Gasteiger partial charge in [-0.1, -0.05) is 6.07 Å². The van der Waals surface area contributed by atoms with E-state index >= 15 is 0 Å². The fourth-order valence-corrected chi connectivity index (χ4v) is 5.08. The first kappa shape index (κ1) is 14.3. The molecule has 0 bridgehead atoms. The van der Waals surface area contributed by atoms with Crippen LogP contribution in [0, 0.1) is 0 Å². The Morgan fingerprint density at radius 3 is 2.86 bits per heavy atom. The quantitative estimate of drug-likeness (QED) is 0.875. The molecule has 8 heteroatoms. The van der Waals surface area contributed by atoms with Crippen molar-refractivity contribution < 1.29 is 8.42 Å². The number of pyridine rings is 1. The van der Waals surface area contributed by atoms with E-state index in [2.05, 4.69) is 14.7 Å². The topological polar surface area (TPSA) is 98.0 Å².